The molecule has 4 heteroatoms. The average Bonchev–Trinajstić information content (AvgIpc) is 2.62. The molecule has 24 heavy (non-hydrogen) atoms. The molecule has 3 aromatic carbocycles. The zero-order chi connectivity index (χ0) is 17.2. The molecular weight excluding hydrogens is 304 g/mol. The Hall–Kier alpha value is -3.11. The summed E-state index contributed by atoms with van der Waals surface area (Å²) >= 11 is 0. The molecule has 3 N–H and O–H groups in total. The summed E-state index contributed by atoms with van der Waals surface area (Å²) in [4.78, 5) is 11.3. The summed E-state index contributed by atoms with van der Waals surface area (Å²) in [7, 11) is 0. The van der Waals surface area contributed by atoms with Crippen LogP contribution in [0.15, 0.2) is 78.9 Å². The first-order valence-corrected chi connectivity index (χ1v) is 7.44. The number of aromatic carboxylic acids is 1. The lowest BCUT2D eigenvalue weighted by molar-refractivity contribution is 0.0692. The highest BCUT2D eigenvalue weighted by molar-refractivity contribution is 5.91. The molecule has 0 atom stereocenters. The van der Waals surface area contributed by atoms with Gasteiger partial charge < -0.3 is 15.3 Å². The van der Waals surface area contributed by atoms with Crippen molar-refractivity contribution in [1.29, 1.82) is 0 Å². The summed E-state index contributed by atoms with van der Waals surface area (Å²) < 4.78 is 0. The SMILES string of the molecule is O=C(O)c1cccc(C(O)(c2ccccc2)c2ccccc2)c1O. The Morgan fingerprint density at radius 2 is 1.25 bits per heavy atom. The van der Waals surface area contributed by atoms with Gasteiger partial charge in [0.15, 0.2) is 0 Å². The molecule has 0 saturated carbocycles. The fourth-order valence-electron chi connectivity index (χ4n) is 2.84. The molecular formula is C20H16O4. The zero-order valence-corrected chi connectivity index (χ0v) is 12.8. The molecule has 0 saturated heterocycles. The Labute approximate surface area is 139 Å². The highest BCUT2D eigenvalue weighted by Crippen LogP contribution is 2.41. The second-order valence-corrected chi connectivity index (χ2v) is 5.45. The number of carboxylic acid groups (broad SMARTS) is 1. The molecule has 0 radical (unpaired) electrons. The van der Waals surface area contributed by atoms with Crippen LogP contribution in [0.5, 0.6) is 5.75 Å². The fraction of sp³-hybridized carbons (Fsp3) is 0.0500. The minimum absolute atomic E-state index is 0.125. The van der Waals surface area contributed by atoms with Gasteiger partial charge >= 0.3 is 5.97 Å². The lowest BCUT2D eigenvalue weighted by atomic mass is 9.79. The minimum atomic E-state index is -1.67. The van der Waals surface area contributed by atoms with E-state index in [1.54, 1.807) is 48.5 Å². The van der Waals surface area contributed by atoms with Gasteiger partial charge in [0.1, 0.15) is 16.9 Å². The van der Waals surface area contributed by atoms with Crippen molar-refractivity contribution in [1.82, 2.24) is 0 Å². The van der Waals surface area contributed by atoms with E-state index in [0.717, 1.165) is 0 Å². The van der Waals surface area contributed by atoms with Gasteiger partial charge in [-0.3, -0.25) is 0 Å². The molecule has 0 unspecified atom stereocenters. The second kappa shape index (κ2) is 6.18. The minimum Gasteiger partial charge on any atom is -0.507 e. The van der Waals surface area contributed by atoms with E-state index in [0.29, 0.717) is 11.1 Å². The standard InChI is InChI=1S/C20H16O4/c21-18-16(19(22)23)12-7-13-17(18)20(24,14-8-3-1-4-9-14)15-10-5-2-6-11-15/h1-13,21,24H,(H,22,23). The van der Waals surface area contributed by atoms with Crippen LogP contribution in [-0.4, -0.2) is 21.3 Å². The number of hydrogen-bond donors (Lipinski definition) is 3. The van der Waals surface area contributed by atoms with Crippen LogP contribution in [0.4, 0.5) is 0 Å². The quantitative estimate of drug-likeness (QED) is 0.644. The van der Waals surface area contributed by atoms with E-state index in [-0.39, 0.29) is 11.1 Å². The molecule has 0 aliphatic carbocycles. The van der Waals surface area contributed by atoms with Crippen molar-refractivity contribution in [2.24, 2.45) is 0 Å². The summed E-state index contributed by atoms with van der Waals surface area (Å²) in [5, 5.41) is 31.3. The molecule has 3 rings (SSSR count). The topological polar surface area (TPSA) is 77.8 Å². The third kappa shape index (κ3) is 2.53. The van der Waals surface area contributed by atoms with Gasteiger partial charge in [-0.15, -0.1) is 0 Å². The molecule has 0 aliphatic rings. The van der Waals surface area contributed by atoms with Crippen LogP contribution in [0.2, 0.25) is 0 Å². The lowest BCUT2D eigenvalue weighted by Gasteiger charge is -2.31. The second-order valence-electron chi connectivity index (χ2n) is 5.45. The smallest absolute Gasteiger partial charge is 0.339 e. The zero-order valence-electron chi connectivity index (χ0n) is 12.8. The molecule has 0 aliphatic heterocycles. The van der Waals surface area contributed by atoms with Crippen molar-refractivity contribution < 1.29 is 20.1 Å². The fourth-order valence-corrected chi connectivity index (χ4v) is 2.84. The molecule has 3 aromatic rings. The summed E-state index contributed by atoms with van der Waals surface area (Å²) in [5.74, 6) is -1.70. The van der Waals surface area contributed by atoms with E-state index in [1.165, 1.54) is 18.2 Å². The van der Waals surface area contributed by atoms with Crippen molar-refractivity contribution in [3.05, 3.63) is 101 Å². The molecule has 4 nitrogen and oxygen atoms in total. The predicted octanol–water partition coefficient (Wildman–Crippen LogP) is 3.37. The van der Waals surface area contributed by atoms with Crippen LogP contribution in [0.3, 0.4) is 0 Å². The summed E-state index contributed by atoms with van der Waals surface area (Å²) in [6.45, 7) is 0. The maximum Gasteiger partial charge on any atom is 0.339 e. The van der Waals surface area contributed by atoms with E-state index in [4.69, 9.17) is 0 Å². The van der Waals surface area contributed by atoms with Gasteiger partial charge in [-0.1, -0.05) is 72.8 Å². The van der Waals surface area contributed by atoms with E-state index >= 15 is 0 Å². The number of para-hydroxylation sites is 1. The van der Waals surface area contributed by atoms with Gasteiger partial charge in [-0.2, -0.15) is 0 Å². The Morgan fingerprint density at radius 1 is 0.750 bits per heavy atom. The number of benzene rings is 3. The number of phenols is 1. The number of rotatable bonds is 4. The first-order valence-electron chi connectivity index (χ1n) is 7.44. The Bertz CT molecular complexity index is 818. The van der Waals surface area contributed by atoms with Gasteiger partial charge in [-0.05, 0) is 17.2 Å². The summed E-state index contributed by atoms with van der Waals surface area (Å²) in [6.07, 6.45) is 0. The van der Waals surface area contributed by atoms with Gasteiger partial charge in [0.25, 0.3) is 0 Å². The van der Waals surface area contributed by atoms with Crippen molar-refractivity contribution in [2.45, 2.75) is 5.60 Å². The maximum atomic E-state index is 11.6. The number of carbonyl (C=O) groups is 1. The van der Waals surface area contributed by atoms with Crippen molar-refractivity contribution in [2.75, 3.05) is 0 Å². The number of aromatic hydroxyl groups is 1. The lowest BCUT2D eigenvalue weighted by Crippen LogP contribution is -2.29. The van der Waals surface area contributed by atoms with E-state index in [1.807, 2.05) is 12.1 Å². The Morgan fingerprint density at radius 3 is 1.71 bits per heavy atom. The molecule has 0 spiro atoms. The number of aliphatic hydroxyl groups is 1. The third-order valence-electron chi connectivity index (χ3n) is 4.04. The number of hydrogen-bond acceptors (Lipinski definition) is 3. The van der Waals surface area contributed by atoms with Gasteiger partial charge in [0.05, 0.1) is 0 Å². The first kappa shape index (κ1) is 15.8. The average molecular weight is 320 g/mol. The summed E-state index contributed by atoms with van der Waals surface area (Å²) in [6, 6.07) is 22.0. The van der Waals surface area contributed by atoms with Crippen molar-refractivity contribution in [3.63, 3.8) is 0 Å². The number of carboxylic acids is 1. The molecule has 120 valence electrons. The molecule has 0 heterocycles. The normalized spacial score (nSPS) is 11.2. The maximum absolute atomic E-state index is 11.6. The van der Waals surface area contributed by atoms with Crippen LogP contribution in [0, 0.1) is 0 Å². The summed E-state index contributed by atoms with van der Waals surface area (Å²) in [5.41, 5.74) is -0.724. The van der Waals surface area contributed by atoms with E-state index < -0.39 is 17.3 Å². The first-order chi connectivity index (χ1) is 11.5. The third-order valence-corrected chi connectivity index (χ3v) is 4.04. The highest BCUT2D eigenvalue weighted by Gasteiger charge is 2.37. The van der Waals surface area contributed by atoms with E-state index in [2.05, 4.69) is 0 Å². The molecule has 0 bridgehead atoms. The molecule has 0 fully saturated rings. The predicted molar refractivity (Wildman–Crippen MR) is 90.1 cm³/mol. The Balaban J connectivity index is 2.32. The largest absolute Gasteiger partial charge is 0.507 e. The van der Waals surface area contributed by atoms with Gasteiger partial charge in [-0.25, -0.2) is 4.79 Å². The highest BCUT2D eigenvalue weighted by atomic mass is 16.4. The van der Waals surface area contributed by atoms with Crippen LogP contribution < -0.4 is 0 Å². The van der Waals surface area contributed by atoms with Crippen molar-refractivity contribution >= 4 is 5.97 Å². The molecule has 0 aromatic heterocycles. The van der Waals surface area contributed by atoms with Gasteiger partial charge in [0, 0.05) is 5.56 Å². The van der Waals surface area contributed by atoms with Crippen LogP contribution >= 0.6 is 0 Å². The van der Waals surface area contributed by atoms with E-state index in [9.17, 15) is 20.1 Å². The molecule has 0 amide bonds. The van der Waals surface area contributed by atoms with Crippen LogP contribution in [-0.2, 0) is 5.60 Å². The monoisotopic (exact) mass is 320 g/mol. The Kier molecular flexibility index (Phi) is 4.06. The van der Waals surface area contributed by atoms with Crippen LogP contribution in [0.1, 0.15) is 27.0 Å². The van der Waals surface area contributed by atoms with Crippen LogP contribution in [0.25, 0.3) is 0 Å². The van der Waals surface area contributed by atoms with Crippen molar-refractivity contribution in [3.8, 4) is 5.75 Å². The van der Waals surface area contributed by atoms with Gasteiger partial charge in [0.2, 0.25) is 0 Å².